The molecule has 0 aliphatic carbocycles. The Hall–Kier alpha value is -6.77. The molecule has 0 saturated carbocycles. The van der Waals surface area contributed by atoms with Gasteiger partial charge in [0.1, 0.15) is 0 Å². The topological polar surface area (TPSA) is 131 Å². The van der Waals surface area contributed by atoms with Crippen molar-refractivity contribution in [3.8, 4) is 0 Å². The number of amides is 6. The van der Waals surface area contributed by atoms with Crippen molar-refractivity contribution < 1.29 is 32.3 Å². The van der Waals surface area contributed by atoms with E-state index in [4.69, 9.17) is 28.9 Å². The molecule has 6 amide bonds. The highest BCUT2D eigenvalue weighted by Gasteiger charge is 2.30. The predicted molar refractivity (Wildman–Crippen MR) is 270 cm³/mol. The van der Waals surface area contributed by atoms with E-state index < -0.39 is 17.8 Å². The summed E-state index contributed by atoms with van der Waals surface area (Å²) in [7, 11) is 0. The molecule has 0 aromatic heterocycles. The Morgan fingerprint density at radius 2 is 0.884 bits per heavy atom. The number of urea groups is 2. The minimum absolute atomic E-state index is 0.0262. The van der Waals surface area contributed by atoms with Crippen LogP contribution in [0.4, 0.5) is 39.8 Å². The number of hydrogen-bond donors (Lipinski definition) is 3. The van der Waals surface area contributed by atoms with Crippen LogP contribution in [0.25, 0.3) is 10.8 Å². The minimum atomic E-state index is -4.42. The van der Waals surface area contributed by atoms with Gasteiger partial charge in [-0.3, -0.25) is 9.59 Å². The molecule has 2 fully saturated rings. The second kappa shape index (κ2) is 23.5. The summed E-state index contributed by atoms with van der Waals surface area (Å²) in [5.74, 6) is -0.159. The van der Waals surface area contributed by atoms with E-state index in [0.717, 1.165) is 29.9 Å². The number of nitrogen functional groups attached to an aromatic ring is 1. The molecule has 6 aromatic carbocycles. The van der Waals surface area contributed by atoms with Gasteiger partial charge in [0.15, 0.2) is 0 Å². The highest BCUT2D eigenvalue weighted by Crippen LogP contribution is 2.30. The number of hydrogen-bond acceptors (Lipinski definition) is 5. The van der Waals surface area contributed by atoms with E-state index in [1.165, 1.54) is 28.5 Å². The molecule has 2 aliphatic heterocycles. The van der Waals surface area contributed by atoms with E-state index in [0.29, 0.717) is 80.0 Å². The molecule has 8 rings (SSSR count). The Balaban J connectivity index is 0.000000186. The maximum atomic E-state index is 12.7. The number of benzene rings is 6. The van der Waals surface area contributed by atoms with Gasteiger partial charge in [0.2, 0.25) is 0 Å². The molecule has 0 radical (unpaired) electrons. The van der Waals surface area contributed by atoms with Gasteiger partial charge in [-0.15, -0.1) is 0 Å². The SMILES string of the molecule is CC(C)(C)c1ccc(NC(=O)N2CCCN(C(=O)c3ccc(Cl)cc3)CC2)cc1.Nc1ccc2ccccc2c1.O=C(Nc1ccc(C(F)(F)F)cc1)N1CCCN(C(=O)c2ccc(Cl)cc2)CC1. The molecule has 11 nitrogen and oxygen atoms in total. The first-order valence-electron chi connectivity index (χ1n) is 22.6. The zero-order valence-electron chi connectivity index (χ0n) is 38.7. The third-order valence-corrected chi connectivity index (χ3v) is 12.1. The number of nitrogens with two attached hydrogens (primary N) is 1. The second-order valence-corrected chi connectivity index (χ2v) is 18.5. The van der Waals surface area contributed by atoms with E-state index in [1.807, 2.05) is 54.6 Å². The summed E-state index contributed by atoms with van der Waals surface area (Å²) in [6.07, 6.45) is -3.08. The molecule has 2 heterocycles. The molecule has 0 bridgehead atoms. The average molecular weight is 983 g/mol. The molecular formula is C53H56Cl2F3N7O4. The fraction of sp³-hybridized carbons (Fsp3) is 0.283. The summed E-state index contributed by atoms with van der Waals surface area (Å²) in [4.78, 5) is 57.3. The number of carbonyl (C=O) groups excluding carboxylic acids is 4. The first-order chi connectivity index (χ1) is 32.8. The Labute approximate surface area is 411 Å². The summed E-state index contributed by atoms with van der Waals surface area (Å²) in [5.41, 5.74) is 9.17. The summed E-state index contributed by atoms with van der Waals surface area (Å²) in [6, 6.07) is 39.3. The molecule has 2 aliphatic rings. The van der Waals surface area contributed by atoms with Crippen molar-refractivity contribution in [1.29, 1.82) is 0 Å². The van der Waals surface area contributed by atoms with Crippen LogP contribution in [0, 0.1) is 0 Å². The van der Waals surface area contributed by atoms with E-state index in [1.54, 1.807) is 68.1 Å². The Kier molecular flexibility index (Phi) is 17.6. The smallest absolute Gasteiger partial charge is 0.399 e. The van der Waals surface area contributed by atoms with Crippen molar-refractivity contribution >= 4 is 74.9 Å². The number of carbonyl (C=O) groups is 4. The lowest BCUT2D eigenvalue weighted by Gasteiger charge is -2.23. The van der Waals surface area contributed by atoms with Crippen LogP contribution in [-0.2, 0) is 11.6 Å². The monoisotopic (exact) mass is 981 g/mol. The first-order valence-corrected chi connectivity index (χ1v) is 23.3. The summed E-state index contributed by atoms with van der Waals surface area (Å²) in [6.45, 7) is 10.4. The van der Waals surface area contributed by atoms with Crippen molar-refractivity contribution in [2.45, 2.75) is 45.2 Å². The normalized spacial score (nSPS) is 14.3. The van der Waals surface area contributed by atoms with Crippen LogP contribution in [0.5, 0.6) is 0 Å². The molecular weight excluding hydrogens is 927 g/mol. The maximum Gasteiger partial charge on any atom is 0.416 e. The van der Waals surface area contributed by atoms with Gasteiger partial charge in [0.25, 0.3) is 11.8 Å². The minimum Gasteiger partial charge on any atom is -0.399 e. The van der Waals surface area contributed by atoms with E-state index in [-0.39, 0.29) is 28.9 Å². The molecule has 2 saturated heterocycles. The van der Waals surface area contributed by atoms with Crippen molar-refractivity contribution in [1.82, 2.24) is 19.6 Å². The molecule has 4 N–H and O–H groups in total. The molecule has 69 heavy (non-hydrogen) atoms. The Morgan fingerprint density at radius 1 is 0.493 bits per heavy atom. The molecule has 6 aromatic rings. The second-order valence-electron chi connectivity index (χ2n) is 17.6. The summed E-state index contributed by atoms with van der Waals surface area (Å²) in [5, 5.41) is 9.16. The first kappa shape index (κ1) is 51.6. The number of anilines is 3. The van der Waals surface area contributed by atoms with Crippen LogP contribution >= 0.6 is 23.2 Å². The maximum absolute atomic E-state index is 12.7. The third-order valence-electron chi connectivity index (χ3n) is 11.6. The molecule has 0 atom stereocenters. The summed E-state index contributed by atoms with van der Waals surface area (Å²) >= 11 is 11.8. The number of alkyl halides is 3. The van der Waals surface area contributed by atoms with Gasteiger partial charge in [0, 0.05) is 90.6 Å². The lowest BCUT2D eigenvalue weighted by molar-refractivity contribution is -0.137. The largest absolute Gasteiger partial charge is 0.416 e. The number of halogens is 5. The zero-order valence-corrected chi connectivity index (χ0v) is 40.3. The quantitative estimate of drug-likeness (QED) is 0.151. The molecule has 0 unspecified atom stereocenters. The molecule has 16 heteroatoms. The summed E-state index contributed by atoms with van der Waals surface area (Å²) < 4.78 is 37.9. The van der Waals surface area contributed by atoms with Gasteiger partial charge in [-0.1, -0.05) is 86.4 Å². The Morgan fingerprint density at radius 3 is 1.30 bits per heavy atom. The van der Waals surface area contributed by atoms with Gasteiger partial charge in [-0.2, -0.15) is 13.2 Å². The third kappa shape index (κ3) is 15.1. The van der Waals surface area contributed by atoms with Gasteiger partial charge < -0.3 is 36.0 Å². The van der Waals surface area contributed by atoms with E-state index in [2.05, 4.69) is 43.5 Å². The number of nitrogens with zero attached hydrogens (tertiary/aromatic N) is 4. The van der Waals surface area contributed by atoms with Crippen LogP contribution in [0.1, 0.15) is 65.5 Å². The lowest BCUT2D eigenvalue weighted by Crippen LogP contribution is -2.39. The number of fused-ring (bicyclic) bond motifs is 1. The fourth-order valence-corrected chi connectivity index (χ4v) is 7.86. The van der Waals surface area contributed by atoms with Gasteiger partial charge in [-0.25, -0.2) is 9.59 Å². The standard InChI is InChI=1S/C23H28ClN3O2.C20H19ClF3N3O2.C10H9N/c1-23(2,3)18-7-11-20(12-8-18)25-22(29)27-14-4-13-26(15-16-27)21(28)17-5-9-19(24)10-6-17;21-16-6-2-14(3-7-16)18(28)26-10-1-11-27(13-12-26)19(29)25-17-8-4-15(5-9-17)20(22,23)24;11-10-6-5-8-3-1-2-4-9(8)7-10/h5-12H,4,13-16H2,1-3H3,(H,25,29);2-9H,1,10-13H2,(H,25,29);1-7H,11H2. The van der Waals surface area contributed by atoms with Crippen LogP contribution < -0.4 is 16.4 Å². The highest BCUT2D eigenvalue weighted by molar-refractivity contribution is 6.31. The van der Waals surface area contributed by atoms with Crippen LogP contribution in [-0.4, -0.2) is 95.8 Å². The lowest BCUT2D eigenvalue weighted by atomic mass is 9.87. The Bertz CT molecular complexity index is 2530. The fourth-order valence-electron chi connectivity index (χ4n) is 7.61. The number of nitrogens with one attached hydrogen (secondary N) is 2. The van der Waals surface area contributed by atoms with Gasteiger partial charge in [-0.05, 0) is 132 Å². The van der Waals surface area contributed by atoms with Crippen molar-refractivity contribution in [2.24, 2.45) is 0 Å². The zero-order chi connectivity index (χ0) is 49.7. The van der Waals surface area contributed by atoms with E-state index in [9.17, 15) is 32.3 Å². The highest BCUT2D eigenvalue weighted by atomic mass is 35.5. The predicted octanol–water partition coefficient (Wildman–Crippen LogP) is 12.2. The van der Waals surface area contributed by atoms with Gasteiger partial charge in [0.05, 0.1) is 5.56 Å². The van der Waals surface area contributed by atoms with Crippen LogP contribution in [0.2, 0.25) is 10.0 Å². The van der Waals surface area contributed by atoms with Crippen molar-refractivity contribution in [3.63, 3.8) is 0 Å². The van der Waals surface area contributed by atoms with E-state index >= 15 is 0 Å². The van der Waals surface area contributed by atoms with Crippen LogP contribution in [0.15, 0.2) is 140 Å². The molecule has 0 spiro atoms. The van der Waals surface area contributed by atoms with Gasteiger partial charge >= 0.3 is 18.2 Å². The van der Waals surface area contributed by atoms with Crippen molar-refractivity contribution in [3.05, 3.63) is 172 Å². The van der Waals surface area contributed by atoms with Crippen molar-refractivity contribution in [2.75, 3.05) is 68.7 Å². The van der Waals surface area contributed by atoms with Crippen LogP contribution in [0.3, 0.4) is 0 Å². The average Bonchev–Trinajstić information content (AvgIpc) is 3.74. The number of rotatable bonds is 4. The molecule has 362 valence electrons.